The number of rotatable bonds is 10. The van der Waals surface area contributed by atoms with Crippen molar-refractivity contribution in [1.82, 2.24) is 0 Å². The van der Waals surface area contributed by atoms with Crippen molar-refractivity contribution in [3.05, 3.63) is 77.9 Å². The number of benzene rings is 2. The van der Waals surface area contributed by atoms with E-state index in [9.17, 15) is 4.79 Å². The molecule has 2 heteroatoms. The van der Waals surface area contributed by atoms with Crippen LogP contribution in [0.5, 0.6) is 5.75 Å². The van der Waals surface area contributed by atoms with E-state index < -0.39 is 0 Å². The molecular weight excluding hydrogens is 308 g/mol. The highest BCUT2D eigenvalue weighted by Crippen LogP contribution is 2.16. The summed E-state index contributed by atoms with van der Waals surface area (Å²) in [6.45, 7) is 5.94. The molecule has 0 saturated heterocycles. The van der Waals surface area contributed by atoms with Crippen LogP contribution in [-0.4, -0.2) is 5.97 Å². The summed E-state index contributed by atoms with van der Waals surface area (Å²) in [4.78, 5) is 12.2. The molecule has 2 aromatic rings. The lowest BCUT2D eigenvalue weighted by Crippen LogP contribution is -2.08. The van der Waals surface area contributed by atoms with Crippen LogP contribution in [0, 0.1) is 0 Å². The molecule has 0 aliphatic heterocycles. The quantitative estimate of drug-likeness (QED) is 0.225. The summed E-state index contributed by atoms with van der Waals surface area (Å²) in [6.07, 6.45) is 9.78. The van der Waals surface area contributed by atoms with Gasteiger partial charge in [-0.25, -0.2) is 4.79 Å². The zero-order chi connectivity index (χ0) is 17.9. The van der Waals surface area contributed by atoms with Gasteiger partial charge < -0.3 is 4.74 Å². The van der Waals surface area contributed by atoms with E-state index >= 15 is 0 Å². The molecule has 0 aromatic heterocycles. The predicted molar refractivity (Wildman–Crippen MR) is 104 cm³/mol. The molecule has 0 spiro atoms. The van der Waals surface area contributed by atoms with Gasteiger partial charge in [0.25, 0.3) is 0 Å². The topological polar surface area (TPSA) is 26.3 Å². The Morgan fingerprint density at radius 2 is 1.52 bits per heavy atom. The number of unbranched alkanes of at least 4 members (excludes halogenated alkanes) is 3. The second kappa shape index (κ2) is 10.5. The first-order chi connectivity index (χ1) is 12.2. The molecule has 0 unspecified atom stereocenters. The molecule has 0 atom stereocenters. The Morgan fingerprint density at radius 3 is 2.12 bits per heavy atom. The lowest BCUT2D eigenvalue weighted by molar-refractivity contribution is 0.0734. The second-order valence-electron chi connectivity index (χ2n) is 6.37. The van der Waals surface area contributed by atoms with Gasteiger partial charge in [0.1, 0.15) is 5.75 Å². The Bertz CT molecular complexity index is 653. The second-order valence-corrected chi connectivity index (χ2v) is 6.37. The van der Waals surface area contributed by atoms with Crippen LogP contribution >= 0.6 is 0 Å². The molecule has 0 fully saturated rings. The lowest BCUT2D eigenvalue weighted by Gasteiger charge is -2.07. The molecule has 2 aromatic carbocycles. The third kappa shape index (κ3) is 6.58. The Morgan fingerprint density at radius 1 is 0.920 bits per heavy atom. The van der Waals surface area contributed by atoms with Crippen molar-refractivity contribution < 1.29 is 9.53 Å². The fourth-order valence-corrected chi connectivity index (χ4v) is 2.73. The van der Waals surface area contributed by atoms with Crippen molar-refractivity contribution >= 4 is 5.97 Å². The molecule has 0 aliphatic rings. The number of carbonyl (C=O) groups is 1. The summed E-state index contributed by atoms with van der Waals surface area (Å²) < 4.78 is 5.47. The van der Waals surface area contributed by atoms with Crippen molar-refractivity contribution in [1.29, 1.82) is 0 Å². The van der Waals surface area contributed by atoms with E-state index in [2.05, 4.69) is 13.5 Å². The number of allylic oxidation sites excluding steroid dienone is 1. The minimum atomic E-state index is -0.309. The first-order valence-electron chi connectivity index (χ1n) is 9.24. The molecule has 2 nitrogen and oxygen atoms in total. The molecule has 132 valence electrons. The summed E-state index contributed by atoms with van der Waals surface area (Å²) in [5.41, 5.74) is 3.10. The van der Waals surface area contributed by atoms with E-state index in [1.165, 1.54) is 30.4 Å². The van der Waals surface area contributed by atoms with Crippen LogP contribution in [0.1, 0.15) is 60.5 Å². The molecule has 0 saturated carbocycles. The maximum atomic E-state index is 12.2. The van der Waals surface area contributed by atoms with Crippen LogP contribution in [0.2, 0.25) is 0 Å². The summed E-state index contributed by atoms with van der Waals surface area (Å²) in [5.74, 6) is 0.288. The number of hydrogen-bond acceptors (Lipinski definition) is 2. The molecule has 0 amide bonds. The molecule has 0 N–H and O–H groups in total. The number of hydrogen-bond donors (Lipinski definition) is 0. The van der Waals surface area contributed by atoms with E-state index in [-0.39, 0.29) is 5.97 Å². The van der Waals surface area contributed by atoms with Gasteiger partial charge >= 0.3 is 5.97 Å². The van der Waals surface area contributed by atoms with E-state index in [1.807, 2.05) is 54.6 Å². The van der Waals surface area contributed by atoms with E-state index in [0.29, 0.717) is 11.3 Å². The van der Waals surface area contributed by atoms with Crippen LogP contribution in [-0.2, 0) is 12.8 Å². The van der Waals surface area contributed by atoms with Crippen molar-refractivity contribution in [2.24, 2.45) is 0 Å². The smallest absolute Gasteiger partial charge is 0.343 e. The highest BCUT2D eigenvalue weighted by molar-refractivity contribution is 5.91. The van der Waals surface area contributed by atoms with Crippen LogP contribution in [0.25, 0.3) is 0 Å². The van der Waals surface area contributed by atoms with E-state index in [0.717, 1.165) is 25.7 Å². The Labute approximate surface area is 151 Å². The molecule has 0 radical (unpaired) electrons. The van der Waals surface area contributed by atoms with Crippen LogP contribution in [0.4, 0.5) is 0 Å². The van der Waals surface area contributed by atoms with Crippen molar-refractivity contribution in [3.8, 4) is 5.75 Å². The van der Waals surface area contributed by atoms with Gasteiger partial charge in [-0.05, 0) is 67.5 Å². The average molecular weight is 336 g/mol. The molecule has 0 aliphatic carbocycles. The monoisotopic (exact) mass is 336 g/mol. The van der Waals surface area contributed by atoms with E-state index in [4.69, 9.17) is 4.74 Å². The van der Waals surface area contributed by atoms with Gasteiger partial charge in [0.05, 0.1) is 5.56 Å². The first kappa shape index (κ1) is 19.0. The zero-order valence-electron chi connectivity index (χ0n) is 15.2. The number of esters is 1. The Hall–Kier alpha value is -2.35. The summed E-state index contributed by atoms with van der Waals surface area (Å²) in [5, 5.41) is 0. The largest absolute Gasteiger partial charge is 0.423 e. The molecule has 0 heterocycles. The summed E-state index contributed by atoms with van der Waals surface area (Å²) in [7, 11) is 0. The lowest BCUT2D eigenvalue weighted by atomic mass is 10.1. The SMILES string of the molecule is C=CCCCc1ccc(C(=O)Oc2ccc(CCCCC)cc2)cc1. The van der Waals surface area contributed by atoms with Crippen molar-refractivity contribution in [3.63, 3.8) is 0 Å². The van der Waals surface area contributed by atoms with Gasteiger partial charge in [-0.2, -0.15) is 0 Å². The van der Waals surface area contributed by atoms with Gasteiger partial charge in [0, 0.05) is 0 Å². The van der Waals surface area contributed by atoms with Gasteiger partial charge in [0.2, 0.25) is 0 Å². The van der Waals surface area contributed by atoms with Gasteiger partial charge in [-0.15, -0.1) is 6.58 Å². The van der Waals surface area contributed by atoms with Crippen LogP contribution < -0.4 is 4.74 Å². The minimum Gasteiger partial charge on any atom is -0.423 e. The highest BCUT2D eigenvalue weighted by Gasteiger charge is 2.08. The fourth-order valence-electron chi connectivity index (χ4n) is 2.73. The number of aryl methyl sites for hydroxylation is 2. The van der Waals surface area contributed by atoms with Crippen molar-refractivity contribution in [2.75, 3.05) is 0 Å². The highest BCUT2D eigenvalue weighted by atomic mass is 16.5. The minimum absolute atomic E-state index is 0.309. The Kier molecular flexibility index (Phi) is 7.97. The standard InChI is InChI=1S/C23H28O2/c1-3-5-7-9-19-11-15-21(16-12-19)23(24)25-22-17-13-20(14-18-22)10-8-6-4-2/h3,11-18H,1,4-10H2,2H3. The molecule has 2 rings (SSSR count). The molecule has 0 bridgehead atoms. The number of carbonyl (C=O) groups excluding carboxylic acids is 1. The maximum Gasteiger partial charge on any atom is 0.343 e. The molecular formula is C23H28O2. The fraction of sp³-hybridized carbons (Fsp3) is 0.348. The molecule has 25 heavy (non-hydrogen) atoms. The maximum absolute atomic E-state index is 12.2. The van der Waals surface area contributed by atoms with Crippen LogP contribution in [0.3, 0.4) is 0 Å². The third-order valence-electron chi connectivity index (χ3n) is 4.27. The van der Waals surface area contributed by atoms with Crippen LogP contribution in [0.15, 0.2) is 61.2 Å². The summed E-state index contributed by atoms with van der Waals surface area (Å²) in [6, 6.07) is 15.5. The normalized spacial score (nSPS) is 10.4. The Balaban J connectivity index is 1.87. The van der Waals surface area contributed by atoms with Gasteiger partial charge in [-0.3, -0.25) is 0 Å². The third-order valence-corrected chi connectivity index (χ3v) is 4.27. The predicted octanol–water partition coefficient (Wildman–Crippen LogP) is 6.15. The number of ether oxygens (including phenoxy) is 1. The first-order valence-corrected chi connectivity index (χ1v) is 9.24. The summed E-state index contributed by atoms with van der Waals surface area (Å²) >= 11 is 0. The van der Waals surface area contributed by atoms with E-state index in [1.54, 1.807) is 0 Å². The van der Waals surface area contributed by atoms with Gasteiger partial charge in [-0.1, -0.05) is 50.1 Å². The average Bonchev–Trinajstić information content (AvgIpc) is 2.64. The zero-order valence-corrected chi connectivity index (χ0v) is 15.2. The van der Waals surface area contributed by atoms with Gasteiger partial charge in [0.15, 0.2) is 0 Å². The van der Waals surface area contributed by atoms with Crippen molar-refractivity contribution in [2.45, 2.75) is 51.9 Å².